The van der Waals surface area contributed by atoms with Gasteiger partial charge in [-0.2, -0.15) is 11.8 Å². The maximum Gasteiger partial charge on any atom is 0.244 e. The summed E-state index contributed by atoms with van der Waals surface area (Å²) < 4.78 is 0. The van der Waals surface area contributed by atoms with E-state index in [0.717, 1.165) is 23.7 Å². The zero-order valence-electron chi connectivity index (χ0n) is 9.88. The predicted molar refractivity (Wildman–Crippen MR) is 67.1 cm³/mol. The zero-order valence-corrected chi connectivity index (χ0v) is 10.7. The van der Waals surface area contributed by atoms with Crippen LogP contribution < -0.4 is 5.32 Å². The van der Waals surface area contributed by atoms with E-state index in [0.29, 0.717) is 6.04 Å². The second kappa shape index (κ2) is 6.21. The van der Waals surface area contributed by atoms with E-state index in [1.807, 2.05) is 25.6 Å². The van der Waals surface area contributed by atoms with Crippen LogP contribution in [-0.2, 0) is 4.79 Å². The fraction of sp³-hybridized carbons (Fsp3) is 0.750. The Morgan fingerprint density at radius 1 is 1.40 bits per heavy atom. The van der Waals surface area contributed by atoms with Gasteiger partial charge < -0.3 is 5.32 Å². The summed E-state index contributed by atoms with van der Waals surface area (Å²) in [6, 6.07) is 0.388. The Bertz CT molecular complexity index is 246. The number of hydrogen-bond acceptors (Lipinski definition) is 2. The quantitative estimate of drug-likeness (QED) is 0.751. The van der Waals surface area contributed by atoms with Crippen molar-refractivity contribution in [1.82, 2.24) is 5.32 Å². The summed E-state index contributed by atoms with van der Waals surface area (Å²) in [6.45, 7) is 3.90. The van der Waals surface area contributed by atoms with Crippen molar-refractivity contribution in [2.45, 2.75) is 50.8 Å². The van der Waals surface area contributed by atoms with Crippen LogP contribution in [0.4, 0.5) is 0 Å². The highest BCUT2D eigenvalue weighted by Crippen LogP contribution is 2.26. The van der Waals surface area contributed by atoms with Crippen LogP contribution in [0.1, 0.15) is 39.5 Å². The van der Waals surface area contributed by atoms with Crippen molar-refractivity contribution in [3.05, 3.63) is 11.6 Å². The normalized spacial score (nSPS) is 25.8. The maximum atomic E-state index is 11.5. The third kappa shape index (κ3) is 4.74. The smallest absolute Gasteiger partial charge is 0.244 e. The minimum atomic E-state index is 0.0711. The Morgan fingerprint density at radius 2 is 2.13 bits per heavy atom. The van der Waals surface area contributed by atoms with Crippen LogP contribution in [0.2, 0.25) is 0 Å². The lowest BCUT2D eigenvalue weighted by Crippen LogP contribution is -2.38. The lowest BCUT2D eigenvalue weighted by molar-refractivity contribution is -0.117. The number of thioether (sulfide) groups is 1. The number of amides is 1. The highest BCUT2D eigenvalue weighted by molar-refractivity contribution is 7.99. The number of carbonyl (C=O) groups excluding carboxylic acids is 1. The van der Waals surface area contributed by atoms with Crippen LogP contribution in [-0.4, -0.2) is 23.5 Å². The molecular weight excluding hydrogens is 206 g/mol. The van der Waals surface area contributed by atoms with E-state index in [-0.39, 0.29) is 5.91 Å². The summed E-state index contributed by atoms with van der Waals surface area (Å²) in [5, 5.41) is 3.82. The van der Waals surface area contributed by atoms with E-state index in [9.17, 15) is 4.79 Å². The molecule has 0 saturated heterocycles. The summed E-state index contributed by atoms with van der Waals surface area (Å²) in [5.74, 6) is 0.0711. The van der Waals surface area contributed by atoms with Crippen LogP contribution in [0, 0.1) is 0 Å². The summed E-state index contributed by atoms with van der Waals surface area (Å²) in [5.41, 5.74) is 1.06. The first-order valence-corrected chi connectivity index (χ1v) is 6.88. The molecule has 0 aromatic carbocycles. The van der Waals surface area contributed by atoms with Gasteiger partial charge in [0.25, 0.3) is 0 Å². The molecule has 1 rings (SSSR count). The minimum Gasteiger partial charge on any atom is -0.350 e. The summed E-state index contributed by atoms with van der Waals surface area (Å²) in [4.78, 5) is 11.5. The van der Waals surface area contributed by atoms with Crippen molar-refractivity contribution < 1.29 is 4.79 Å². The van der Waals surface area contributed by atoms with E-state index in [1.165, 1.54) is 12.8 Å². The van der Waals surface area contributed by atoms with E-state index in [4.69, 9.17) is 0 Å². The Labute approximate surface area is 96.9 Å². The van der Waals surface area contributed by atoms with E-state index < -0.39 is 0 Å². The molecule has 0 radical (unpaired) electrons. The molecular formula is C12H21NOS. The Kier molecular flexibility index (Phi) is 5.23. The number of nitrogens with one attached hydrogen (secondary N) is 1. The average molecular weight is 227 g/mol. The van der Waals surface area contributed by atoms with Crippen molar-refractivity contribution in [3.8, 4) is 0 Å². The van der Waals surface area contributed by atoms with E-state index >= 15 is 0 Å². The average Bonchev–Trinajstić information content (AvgIpc) is 2.16. The molecule has 0 aromatic rings. The Balaban J connectivity index is 2.38. The third-order valence-corrected chi connectivity index (χ3v) is 3.82. The SMILES string of the molecule is CSC1CCCC(NC(=O)C=C(C)C)C1. The van der Waals surface area contributed by atoms with Gasteiger partial charge in [0.2, 0.25) is 5.91 Å². The Hall–Kier alpha value is -0.440. The second-order valence-electron chi connectivity index (χ2n) is 4.45. The molecule has 0 bridgehead atoms. The van der Waals surface area contributed by atoms with Gasteiger partial charge in [0.1, 0.15) is 0 Å². The van der Waals surface area contributed by atoms with Gasteiger partial charge in [-0.15, -0.1) is 0 Å². The van der Waals surface area contributed by atoms with Crippen LogP contribution >= 0.6 is 11.8 Å². The number of allylic oxidation sites excluding steroid dienone is 1. The lowest BCUT2D eigenvalue weighted by atomic mass is 9.95. The standard InChI is InChI=1S/C12H21NOS/c1-9(2)7-12(14)13-10-5-4-6-11(8-10)15-3/h7,10-11H,4-6,8H2,1-3H3,(H,13,14). The molecule has 86 valence electrons. The molecule has 1 amide bonds. The number of carbonyl (C=O) groups is 1. The molecule has 1 saturated carbocycles. The lowest BCUT2D eigenvalue weighted by Gasteiger charge is -2.28. The third-order valence-electron chi connectivity index (χ3n) is 2.73. The molecule has 0 aromatic heterocycles. The molecule has 0 spiro atoms. The minimum absolute atomic E-state index is 0.0711. The first kappa shape index (κ1) is 12.6. The molecule has 1 N–H and O–H groups in total. The monoisotopic (exact) mass is 227 g/mol. The first-order valence-electron chi connectivity index (χ1n) is 5.60. The van der Waals surface area contributed by atoms with Gasteiger partial charge >= 0.3 is 0 Å². The van der Waals surface area contributed by atoms with Gasteiger partial charge in [0, 0.05) is 17.4 Å². The molecule has 1 aliphatic carbocycles. The van der Waals surface area contributed by atoms with Gasteiger partial charge in [-0.25, -0.2) is 0 Å². The number of rotatable bonds is 3. The molecule has 2 atom stereocenters. The van der Waals surface area contributed by atoms with E-state index in [1.54, 1.807) is 6.08 Å². The van der Waals surface area contributed by atoms with Crippen molar-refractivity contribution in [1.29, 1.82) is 0 Å². The zero-order chi connectivity index (χ0) is 11.3. The molecule has 2 unspecified atom stereocenters. The summed E-state index contributed by atoms with van der Waals surface area (Å²) >= 11 is 1.92. The Morgan fingerprint density at radius 3 is 2.73 bits per heavy atom. The van der Waals surface area contributed by atoms with Crippen LogP contribution in [0.25, 0.3) is 0 Å². The van der Waals surface area contributed by atoms with Gasteiger partial charge in [-0.1, -0.05) is 12.0 Å². The van der Waals surface area contributed by atoms with Crippen molar-refractivity contribution in [2.24, 2.45) is 0 Å². The molecule has 2 nitrogen and oxygen atoms in total. The van der Waals surface area contributed by atoms with Crippen LogP contribution in [0.15, 0.2) is 11.6 Å². The van der Waals surface area contributed by atoms with Crippen LogP contribution in [0.5, 0.6) is 0 Å². The van der Waals surface area contributed by atoms with Crippen LogP contribution in [0.3, 0.4) is 0 Å². The van der Waals surface area contributed by atoms with Gasteiger partial charge in [-0.05, 0) is 39.4 Å². The molecule has 0 heterocycles. The van der Waals surface area contributed by atoms with Gasteiger partial charge in [0.05, 0.1) is 0 Å². The highest BCUT2D eigenvalue weighted by atomic mass is 32.2. The molecule has 0 aliphatic heterocycles. The fourth-order valence-electron chi connectivity index (χ4n) is 2.00. The second-order valence-corrected chi connectivity index (χ2v) is 5.59. The van der Waals surface area contributed by atoms with Crippen molar-refractivity contribution in [2.75, 3.05) is 6.26 Å². The molecule has 1 fully saturated rings. The molecule has 1 aliphatic rings. The predicted octanol–water partition coefficient (Wildman–Crippen LogP) is 2.74. The van der Waals surface area contributed by atoms with E-state index in [2.05, 4.69) is 11.6 Å². The fourth-order valence-corrected chi connectivity index (χ4v) is 2.82. The van der Waals surface area contributed by atoms with Crippen molar-refractivity contribution >= 4 is 17.7 Å². The largest absolute Gasteiger partial charge is 0.350 e. The van der Waals surface area contributed by atoms with Gasteiger partial charge in [0.15, 0.2) is 0 Å². The molecule has 15 heavy (non-hydrogen) atoms. The first-order chi connectivity index (χ1) is 7.11. The summed E-state index contributed by atoms with van der Waals surface area (Å²) in [7, 11) is 0. The molecule has 3 heteroatoms. The van der Waals surface area contributed by atoms with Gasteiger partial charge in [-0.3, -0.25) is 4.79 Å². The highest BCUT2D eigenvalue weighted by Gasteiger charge is 2.21. The maximum absolute atomic E-state index is 11.5. The van der Waals surface area contributed by atoms with Crippen molar-refractivity contribution in [3.63, 3.8) is 0 Å². The number of hydrogen-bond donors (Lipinski definition) is 1. The summed E-state index contributed by atoms with van der Waals surface area (Å²) in [6.07, 6.45) is 8.65. The topological polar surface area (TPSA) is 29.1 Å².